The zero-order chi connectivity index (χ0) is 11.0. The van der Waals surface area contributed by atoms with Crippen LogP contribution < -0.4 is 5.32 Å². The highest BCUT2D eigenvalue weighted by Crippen LogP contribution is 2.38. The molecule has 1 aromatic rings. The van der Waals surface area contributed by atoms with E-state index in [4.69, 9.17) is 0 Å². The summed E-state index contributed by atoms with van der Waals surface area (Å²) in [5.41, 5.74) is 0.723. The van der Waals surface area contributed by atoms with Crippen molar-refractivity contribution in [2.45, 2.75) is 23.5 Å². The van der Waals surface area contributed by atoms with Crippen LogP contribution in [0, 0.1) is 9.39 Å². The van der Waals surface area contributed by atoms with Crippen molar-refractivity contribution in [2.75, 3.05) is 5.32 Å². The second-order valence-electron chi connectivity index (χ2n) is 3.27. The Morgan fingerprint density at radius 3 is 3.00 bits per heavy atom. The highest BCUT2D eigenvalue weighted by molar-refractivity contribution is 14.1. The molecule has 0 saturated carbocycles. The van der Waals surface area contributed by atoms with E-state index >= 15 is 0 Å². The van der Waals surface area contributed by atoms with E-state index in [1.807, 2.05) is 29.5 Å². The Balaban J connectivity index is 2.41. The van der Waals surface area contributed by atoms with Gasteiger partial charge in [0.2, 0.25) is 5.91 Å². The van der Waals surface area contributed by atoms with Gasteiger partial charge in [0.05, 0.1) is 14.5 Å². The SMILES string of the molecule is CCC1Sc2cc(F)c(I)cc2NC1=O. The Labute approximate surface area is 105 Å². The lowest BCUT2D eigenvalue weighted by Crippen LogP contribution is -2.28. The Morgan fingerprint density at radius 1 is 1.60 bits per heavy atom. The highest BCUT2D eigenvalue weighted by atomic mass is 127. The van der Waals surface area contributed by atoms with E-state index in [1.54, 1.807) is 6.07 Å². The van der Waals surface area contributed by atoms with Crippen LogP contribution in [0.2, 0.25) is 0 Å². The second-order valence-corrected chi connectivity index (χ2v) is 5.67. The van der Waals surface area contributed by atoms with Crippen LogP contribution in [0.1, 0.15) is 13.3 Å². The van der Waals surface area contributed by atoms with E-state index in [2.05, 4.69) is 5.32 Å². The fourth-order valence-corrected chi connectivity index (χ4v) is 2.93. The normalized spacial score (nSPS) is 19.7. The van der Waals surface area contributed by atoms with Gasteiger partial charge in [-0.15, -0.1) is 11.8 Å². The first-order valence-corrected chi connectivity index (χ1v) is 6.54. The van der Waals surface area contributed by atoms with Gasteiger partial charge in [-0.3, -0.25) is 4.79 Å². The number of rotatable bonds is 1. The molecule has 0 aromatic heterocycles. The molecule has 80 valence electrons. The van der Waals surface area contributed by atoms with Gasteiger partial charge in [0, 0.05) is 4.90 Å². The number of fused-ring (bicyclic) bond motifs is 1. The van der Waals surface area contributed by atoms with Crippen LogP contribution in [0.4, 0.5) is 10.1 Å². The third-order valence-electron chi connectivity index (χ3n) is 2.21. The summed E-state index contributed by atoms with van der Waals surface area (Å²) in [7, 11) is 0. The third kappa shape index (κ3) is 2.13. The molecule has 0 spiro atoms. The Hall–Kier alpha value is -0.300. The molecule has 5 heteroatoms. The van der Waals surface area contributed by atoms with E-state index in [-0.39, 0.29) is 17.0 Å². The molecule has 1 unspecified atom stereocenters. The molecule has 0 fully saturated rings. The maximum absolute atomic E-state index is 13.3. The average Bonchev–Trinajstić information content (AvgIpc) is 2.20. The maximum Gasteiger partial charge on any atom is 0.237 e. The first-order valence-electron chi connectivity index (χ1n) is 4.58. The number of amides is 1. The summed E-state index contributed by atoms with van der Waals surface area (Å²) in [5, 5.41) is 2.70. The van der Waals surface area contributed by atoms with Crippen molar-refractivity contribution in [2.24, 2.45) is 0 Å². The van der Waals surface area contributed by atoms with Crippen LogP contribution in [0.25, 0.3) is 0 Å². The minimum Gasteiger partial charge on any atom is -0.324 e. The van der Waals surface area contributed by atoms with Crippen molar-refractivity contribution in [1.29, 1.82) is 0 Å². The summed E-state index contributed by atoms with van der Waals surface area (Å²) in [6, 6.07) is 3.16. The lowest BCUT2D eigenvalue weighted by molar-refractivity contribution is -0.115. The van der Waals surface area contributed by atoms with E-state index in [0.717, 1.165) is 17.0 Å². The Kier molecular flexibility index (Phi) is 3.20. The Morgan fingerprint density at radius 2 is 2.33 bits per heavy atom. The number of hydrogen-bond acceptors (Lipinski definition) is 2. The van der Waals surface area contributed by atoms with Crippen molar-refractivity contribution >= 4 is 45.9 Å². The summed E-state index contributed by atoms with van der Waals surface area (Å²) in [5.74, 6) is -0.217. The molecule has 1 amide bonds. The van der Waals surface area contributed by atoms with Gasteiger partial charge in [-0.05, 0) is 41.1 Å². The van der Waals surface area contributed by atoms with Crippen LogP contribution in [0.3, 0.4) is 0 Å². The van der Waals surface area contributed by atoms with Crippen molar-refractivity contribution in [3.8, 4) is 0 Å². The zero-order valence-electron chi connectivity index (χ0n) is 8.01. The first kappa shape index (κ1) is 11.2. The minimum atomic E-state index is -0.229. The largest absolute Gasteiger partial charge is 0.324 e. The van der Waals surface area contributed by atoms with Crippen molar-refractivity contribution < 1.29 is 9.18 Å². The number of carbonyl (C=O) groups excluding carboxylic acids is 1. The predicted molar refractivity (Wildman–Crippen MR) is 67.7 cm³/mol. The maximum atomic E-state index is 13.3. The van der Waals surface area contributed by atoms with E-state index in [1.165, 1.54) is 17.8 Å². The molecule has 1 N–H and O–H groups in total. The number of hydrogen-bond donors (Lipinski definition) is 1. The van der Waals surface area contributed by atoms with Crippen LogP contribution in [-0.4, -0.2) is 11.2 Å². The van der Waals surface area contributed by atoms with Crippen LogP contribution in [-0.2, 0) is 4.79 Å². The second kappa shape index (κ2) is 4.29. The minimum absolute atomic E-state index is 0.0115. The molecule has 0 radical (unpaired) electrons. The third-order valence-corrected chi connectivity index (χ3v) is 4.46. The summed E-state index contributed by atoms with van der Waals surface area (Å²) < 4.78 is 13.8. The molecule has 1 atom stereocenters. The number of benzene rings is 1. The number of anilines is 1. The van der Waals surface area contributed by atoms with E-state index < -0.39 is 0 Å². The molecule has 2 rings (SSSR count). The predicted octanol–water partition coefficient (Wildman–Crippen LogP) is 3.25. The van der Waals surface area contributed by atoms with Gasteiger partial charge >= 0.3 is 0 Å². The zero-order valence-corrected chi connectivity index (χ0v) is 11.0. The number of nitrogens with one attached hydrogen (secondary N) is 1. The molecule has 1 aliphatic rings. The van der Waals surface area contributed by atoms with Gasteiger partial charge in [-0.1, -0.05) is 6.92 Å². The molecule has 1 aliphatic heterocycles. The summed E-state index contributed by atoms with van der Waals surface area (Å²) in [4.78, 5) is 12.4. The lowest BCUT2D eigenvalue weighted by atomic mass is 10.2. The van der Waals surface area contributed by atoms with Crippen LogP contribution >= 0.6 is 34.4 Å². The molecule has 1 heterocycles. The van der Waals surface area contributed by atoms with Crippen LogP contribution in [0.15, 0.2) is 17.0 Å². The summed E-state index contributed by atoms with van der Waals surface area (Å²) >= 11 is 3.35. The highest BCUT2D eigenvalue weighted by Gasteiger charge is 2.26. The quantitative estimate of drug-likeness (QED) is 0.797. The topological polar surface area (TPSA) is 29.1 Å². The molecular formula is C10H9FINOS. The fraction of sp³-hybridized carbons (Fsp3) is 0.300. The molecule has 15 heavy (non-hydrogen) atoms. The Bertz CT molecular complexity index is 424. The average molecular weight is 337 g/mol. The smallest absolute Gasteiger partial charge is 0.237 e. The van der Waals surface area contributed by atoms with Crippen molar-refractivity contribution in [1.82, 2.24) is 0 Å². The number of halogens is 2. The molecule has 0 aliphatic carbocycles. The monoisotopic (exact) mass is 337 g/mol. The van der Waals surface area contributed by atoms with E-state index in [0.29, 0.717) is 3.57 Å². The van der Waals surface area contributed by atoms with Gasteiger partial charge in [0.1, 0.15) is 5.82 Å². The van der Waals surface area contributed by atoms with Gasteiger partial charge < -0.3 is 5.32 Å². The first-order chi connectivity index (χ1) is 7.11. The fourth-order valence-electron chi connectivity index (χ4n) is 1.41. The molecule has 2 nitrogen and oxygen atoms in total. The van der Waals surface area contributed by atoms with Crippen molar-refractivity contribution in [3.63, 3.8) is 0 Å². The summed E-state index contributed by atoms with van der Waals surface area (Å²) in [6.45, 7) is 1.95. The van der Waals surface area contributed by atoms with Gasteiger partial charge in [0.15, 0.2) is 0 Å². The molecule has 1 aromatic carbocycles. The number of carbonyl (C=O) groups is 1. The van der Waals surface area contributed by atoms with Crippen molar-refractivity contribution in [3.05, 3.63) is 21.5 Å². The van der Waals surface area contributed by atoms with Gasteiger partial charge in [0.25, 0.3) is 0 Å². The molecular weight excluding hydrogens is 328 g/mol. The standard InChI is InChI=1S/C10H9FINOS/c1-2-8-10(14)13-7-4-6(12)5(11)3-9(7)15-8/h3-4,8H,2H2,1H3,(H,13,14). The van der Waals surface area contributed by atoms with Gasteiger partial charge in [-0.25, -0.2) is 4.39 Å². The van der Waals surface area contributed by atoms with E-state index in [9.17, 15) is 9.18 Å². The summed E-state index contributed by atoms with van der Waals surface area (Å²) in [6.07, 6.45) is 0.754. The van der Waals surface area contributed by atoms with Crippen LogP contribution in [0.5, 0.6) is 0 Å². The number of thioether (sulfide) groups is 1. The molecule has 0 bridgehead atoms. The lowest BCUT2D eigenvalue weighted by Gasteiger charge is -2.23. The van der Waals surface area contributed by atoms with Gasteiger partial charge in [-0.2, -0.15) is 0 Å². The molecule has 0 saturated heterocycles.